The molecule has 20 heavy (non-hydrogen) atoms. The van der Waals surface area contributed by atoms with Crippen molar-refractivity contribution in [3.05, 3.63) is 28.7 Å². The molecule has 2 aromatic rings. The molecular formula is C13H12N2O4S. The molecule has 1 aliphatic rings. The van der Waals surface area contributed by atoms with Gasteiger partial charge < -0.3 is 9.32 Å². The summed E-state index contributed by atoms with van der Waals surface area (Å²) in [5, 5.41) is -0.00865. The first-order chi connectivity index (χ1) is 9.52. The Bertz CT molecular complexity index is 748. The molecule has 1 aromatic carbocycles. The van der Waals surface area contributed by atoms with Gasteiger partial charge in [0, 0.05) is 36.9 Å². The van der Waals surface area contributed by atoms with Crippen LogP contribution >= 0.6 is 11.8 Å². The van der Waals surface area contributed by atoms with Gasteiger partial charge in [-0.1, -0.05) is 11.8 Å². The summed E-state index contributed by atoms with van der Waals surface area (Å²) in [4.78, 5) is 38.4. The van der Waals surface area contributed by atoms with Crippen LogP contribution in [-0.4, -0.2) is 27.8 Å². The van der Waals surface area contributed by atoms with Crippen LogP contribution in [0.25, 0.3) is 11.1 Å². The third-order valence-electron chi connectivity index (χ3n) is 3.14. The lowest BCUT2D eigenvalue weighted by Gasteiger charge is -2.16. The van der Waals surface area contributed by atoms with Crippen molar-refractivity contribution >= 4 is 39.6 Å². The van der Waals surface area contributed by atoms with Crippen molar-refractivity contribution in [3.8, 4) is 0 Å². The number of nitrogens with zero attached hydrogens (tertiary/aromatic N) is 1. The number of aromatic amines is 1. The number of hydrogen-bond acceptors (Lipinski definition) is 5. The molecule has 104 valence electrons. The molecule has 1 N–H and O–H groups in total. The fourth-order valence-corrected chi connectivity index (χ4v) is 3.26. The average Bonchev–Trinajstić information content (AvgIpc) is 2.89. The second kappa shape index (κ2) is 4.82. The van der Waals surface area contributed by atoms with E-state index >= 15 is 0 Å². The van der Waals surface area contributed by atoms with Crippen LogP contribution in [0.5, 0.6) is 0 Å². The zero-order valence-corrected chi connectivity index (χ0v) is 11.5. The smallest absolute Gasteiger partial charge is 0.408 e. The maximum atomic E-state index is 12.0. The summed E-state index contributed by atoms with van der Waals surface area (Å²) in [5.74, 6) is -0.545. The average molecular weight is 292 g/mol. The Hall–Kier alpha value is -2.02. The Kier molecular flexibility index (Phi) is 3.13. The molecule has 1 aliphatic heterocycles. The summed E-state index contributed by atoms with van der Waals surface area (Å²) in [5.41, 5.74) is 1.69. The minimum Gasteiger partial charge on any atom is -0.408 e. The Morgan fingerprint density at radius 1 is 1.45 bits per heavy atom. The van der Waals surface area contributed by atoms with Gasteiger partial charge in [-0.3, -0.25) is 14.6 Å². The van der Waals surface area contributed by atoms with E-state index in [4.69, 9.17) is 4.42 Å². The first-order valence-corrected chi connectivity index (χ1v) is 7.01. The van der Waals surface area contributed by atoms with Crippen LogP contribution in [0.1, 0.15) is 13.3 Å². The number of oxazole rings is 1. The summed E-state index contributed by atoms with van der Waals surface area (Å²) in [6, 6.07) is 5.12. The number of thioether (sulfide) groups is 1. The first kappa shape index (κ1) is 13.0. The topological polar surface area (TPSA) is 83.4 Å². The van der Waals surface area contributed by atoms with Gasteiger partial charge in [0.2, 0.25) is 5.91 Å². The number of carbonyl (C=O) groups is 2. The van der Waals surface area contributed by atoms with E-state index in [1.807, 2.05) is 0 Å². The number of anilines is 1. The van der Waals surface area contributed by atoms with Crippen LogP contribution in [-0.2, 0) is 9.59 Å². The molecule has 0 bridgehead atoms. The van der Waals surface area contributed by atoms with Crippen molar-refractivity contribution < 1.29 is 14.0 Å². The second-order valence-corrected chi connectivity index (χ2v) is 6.11. The number of H-pyrrole nitrogens is 1. The van der Waals surface area contributed by atoms with Crippen LogP contribution in [0, 0.1) is 0 Å². The van der Waals surface area contributed by atoms with Gasteiger partial charge in [0.25, 0.3) is 0 Å². The monoisotopic (exact) mass is 292 g/mol. The van der Waals surface area contributed by atoms with Crippen LogP contribution in [0.2, 0.25) is 0 Å². The van der Waals surface area contributed by atoms with Gasteiger partial charge in [-0.2, -0.15) is 0 Å². The van der Waals surface area contributed by atoms with Crippen molar-refractivity contribution in [2.75, 3.05) is 11.4 Å². The summed E-state index contributed by atoms with van der Waals surface area (Å²) in [7, 11) is 0. The number of aromatic nitrogens is 1. The molecule has 1 fully saturated rings. The van der Waals surface area contributed by atoms with E-state index in [0.29, 0.717) is 29.8 Å². The minimum absolute atomic E-state index is 0.0109. The van der Waals surface area contributed by atoms with Crippen LogP contribution in [0.3, 0.4) is 0 Å². The lowest BCUT2D eigenvalue weighted by Crippen LogP contribution is -2.24. The highest BCUT2D eigenvalue weighted by molar-refractivity contribution is 8.14. The van der Waals surface area contributed by atoms with Crippen molar-refractivity contribution in [1.29, 1.82) is 0 Å². The van der Waals surface area contributed by atoms with Gasteiger partial charge in [0.15, 0.2) is 10.7 Å². The van der Waals surface area contributed by atoms with Gasteiger partial charge in [-0.15, -0.1) is 0 Å². The second-order valence-electron chi connectivity index (χ2n) is 4.63. The normalized spacial score (nSPS) is 18.9. The quantitative estimate of drug-likeness (QED) is 0.907. The van der Waals surface area contributed by atoms with Gasteiger partial charge in [-0.05, 0) is 12.1 Å². The summed E-state index contributed by atoms with van der Waals surface area (Å²) < 4.78 is 4.99. The van der Waals surface area contributed by atoms with Gasteiger partial charge >= 0.3 is 5.76 Å². The fraction of sp³-hybridized carbons (Fsp3) is 0.308. The Morgan fingerprint density at radius 2 is 2.25 bits per heavy atom. The van der Waals surface area contributed by atoms with Gasteiger partial charge in [-0.25, -0.2) is 4.79 Å². The molecule has 1 unspecified atom stereocenters. The number of carbonyl (C=O) groups excluding carboxylic acids is 2. The SMILES string of the molecule is CC(=O)SC1CC(=O)N(c2ccc3[nH]c(=O)oc3c2)C1. The molecule has 1 saturated heterocycles. The molecule has 1 aromatic heterocycles. The Balaban J connectivity index is 1.88. The molecule has 0 aliphatic carbocycles. The van der Waals surface area contributed by atoms with Gasteiger partial charge in [0.1, 0.15) is 0 Å². The van der Waals surface area contributed by atoms with Crippen LogP contribution < -0.4 is 10.7 Å². The summed E-state index contributed by atoms with van der Waals surface area (Å²) >= 11 is 1.19. The van der Waals surface area contributed by atoms with E-state index in [-0.39, 0.29) is 16.3 Å². The van der Waals surface area contributed by atoms with Crippen LogP contribution in [0.4, 0.5) is 5.69 Å². The molecule has 2 heterocycles. The molecular weight excluding hydrogens is 280 g/mol. The lowest BCUT2D eigenvalue weighted by atomic mass is 10.2. The fourth-order valence-electron chi connectivity index (χ4n) is 2.34. The lowest BCUT2D eigenvalue weighted by molar-refractivity contribution is -0.117. The highest BCUT2D eigenvalue weighted by Gasteiger charge is 2.32. The predicted molar refractivity (Wildman–Crippen MR) is 75.9 cm³/mol. The minimum atomic E-state index is -0.519. The molecule has 0 radical (unpaired) electrons. The van der Waals surface area contributed by atoms with E-state index in [0.717, 1.165) is 0 Å². The Labute approximate surface area is 118 Å². The first-order valence-electron chi connectivity index (χ1n) is 6.13. The molecule has 1 amide bonds. The molecule has 6 nitrogen and oxygen atoms in total. The molecule has 1 atom stereocenters. The van der Waals surface area contributed by atoms with Crippen LogP contribution in [0.15, 0.2) is 27.4 Å². The van der Waals surface area contributed by atoms with E-state index in [9.17, 15) is 14.4 Å². The zero-order chi connectivity index (χ0) is 14.3. The van der Waals surface area contributed by atoms with E-state index in [1.54, 1.807) is 23.1 Å². The highest BCUT2D eigenvalue weighted by atomic mass is 32.2. The molecule has 3 rings (SSSR count). The van der Waals surface area contributed by atoms with E-state index in [1.165, 1.54) is 18.7 Å². The zero-order valence-electron chi connectivity index (χ0n) is 10.7. The van der Waals surface area contributed by atoms with Crippen molar-refractivity contribution in [2.45, 2.75) is 18.6 Å². The molecule has 7 heteroatoms. The van der Waals surface area contributed by atoms with Gasteiger partial charge in [0.05, 0.1) is 5.52 Å². The number of nitrogens with one attached hydrogen (secondary N) is 1. The maximum Gasteiger partial charge on any atom is 0.417 e. The number of fused-ring (bicyclic) bond motifs is 1. The third kappa shape index (κ3) is 2.36. The summed E-state index contributed by atoms with van der Waals surface area (Å²) in [6.45, 7) is 1.99. The Morgan fingerprint density at radius 3 is 3.00 bits per heavy atom. The summed E-state index contributed by atoms with van der Waals surface area (Å²) in [6.07, 6.45) is 0.347. The van der Waals surface area contributed by atoms with Crippen molar-refractivity contribution in [2.24, 2.45) is 0 Å². The standard InChI is InChI=1S/C13H12N2O4S/c1-7(16)20-9-5-12(17)15(6-9)8-2-3-10-11(4-8)19-13(18)14-10/h2-4,9H,5-6H2,1H3,(H,14,18). The highest BCUT2D eigenvalue weighted by Crippen LogP contribution is 2.29. The number of benzene rings is 1. The third-order valence-corrected chi connectivity index (χ3v) is 4.12. The van der Waals surface area contributed by atoms with Crippen molar-refractivity contribution in [1.82, 2.24) is 4.98 Å². The number of amides is 1. The predicted octanol–water partition coefficient (Wildman–Crippen LogP) is 1.51. The number of rotatable bonds is 2. The number of hydrogen-bond donors (Lipinski definition) is 1. The molecule has 0 spiro atoms. The van der Waals surface area contributed by atoms with E-state index < -0.39 is 5.76 Å². The molecule has 0 saturated carbocycles. The van der Waals surface area contributed by atoms with Crippen molar-refractivity contribution in [3.63, 3.8) is 0 Å². The maximum absolute atomic E-state index is 12.0. The van der Waals surface area contributed by atoms with E-state index in [2.05, 4.69) is 4.98 Å². The largest absolute Gasteiger partial charge is 0.417 e.